The maximum atomic E-state index is 12.7. The molecule has 4 heterocycles. The Morgan fingerprint density at radius 2 is 1.90 bits per heavy atom. The van der Waals surface area contributed by atoms with E-state index in [1.54, 1.807) is 29.4 Å². The molecule has 0 saturated heterocycles. The van der Waals surface area contributed by atoms with Gasteiger partial charge in [0, 0.05) is 17.3 Å². The molecule has 0 atom stereocenters. The van der Waals surface area contributed by atoms with Gasteiger partial charge >= 0.3 is 12.1 Å². The molecule has 0 unspecified atom stereocenters. The molecule has 0 aromatic carbocycles. The molecule has 0 amide bonds. The summed E-state index contributed by atoms with van der Waals surface area (Å²) in [5.41, 5.74) is 0. The molecule has 0 fully saturated rings. The minimum atomic E-state index is -4.69. The Morgan fingerprint density at radius 1 is 1.07 bits per heavy atom. The molecule has 0 aliphatic carbocycles. The number of nitrogens with zero attached hydrogens (tertiary/aromatic N) is 7. The molecule has 4 aromatic heterocycles. The van der Waals surface area contributed by atoms with E-state index in [9.17, 15) is 13.2 Å². The first kappa shape index (κ1) is 19.7. The molecule has 30 heavy (non-hydrogen) atoms. The van der Waals surface area contributed by atoms with Crippen LogP contribution in [-0.4, -0.2) is 37.2 Å². The Morgan fingerprint density at radius 3 is 2.53 bits per heavy atom. The Labute approximate surface area is 171 Å². The predicted octanol–water partition coefficient (Wildman–Crippen LogP) is 3.74. The van der Waals surface area contributed by atoms with Gasteiger partial charge in [-0.2, -0.15) is 18.2 Å². The van der Waals surface area contributed by atoms with E-state index in [1.165, 1.54) is 37.0 Å². The van der Waals surface area contributed by atoms with Gasteiger partial charge in [-0.1, -0.05) is 5.16 Å². The minimum absolute atomic E-state index is 0.131. The van der Waals surface area contributed by atoms with Gasteiger partial charge in [0.05, 0.1) is 37.1 Å². The maximum absolute atomic E-state index is 12.7. The monoisotopic (exact) mass is 435 g/mol. The van der Waals surface area contributed by atoms with Crippen molar-refractivity contribution in [3.05, 3.63) is 53.9 Å². The van der Waals surface area contributed by atoms with E-state index < -0.39 is 12.1 Å². The van der Waals surface area contributed by atoms with E-state index in [2.05, 4.69) is 34.6 Å². The molecule has 0 N–H and O–H groups in total. The zero-order valence-corrected chi connectivity index (χ0v) is 16.1. The van der Waals surface area contributed by atoms with Crippen LogP contribution in [-0.2, 0) is 12.7 Å². The zero-order valence-electron chi connectivity index (χ0n) is 15.2. The van der Waals surface area contributed by atoms with Crippen molar-refractivity contribution >= 4 is 23.0 Å². The lowest BCUT2D eigenvalue weighted by Crippen LogP contribution is -2.18. The van der Waals surface area contributed by atoms with E-state index in [4.69, 9.17) is 4.74 Å². The average Bonchev–Trinajstić information content (AvgIpc) is 3.42. The van der Waals surface area contributed by atoms with E-state index in [0.29, 0.717) is 28.9 Å². The van der Waals surface area contributed by atoms with Gasteiger partial charge in [0.25, 0.3) is 0 Å². The first-order chi connectivity index (χ1) is 14.4. The number of hydrogen-bond acceptors (Lipinski definition) is 10. The van der Waals surface area contributed by atoms with Crippen LogP contribution in [0.15, 0.2) is 47.6 Å². The fourth-order valence-electron chi connectivity index (χ4n) is 2.44. The fourth-order valence-corrected chi connectivity index (χ4v) is 3.36. The molecule has 0 aliphatic heterocycles. The Kier molecular flexibility index (Phi) is 5.27. The summed E-state index contributed by atoms with van der Waals surface area (Å²) < 4.78 is 47.4. The van der Waals surface area contributed by atoms with Crippen LogP contribution < -0.4 is 9.64 Å². The lowest BCUT2D eigenvalue weighted by atomic mass is 10.3. The van der Waals surface area contributed by atoms with Crippen LogP contribution in [0, 0.1) is 0 Å². The quantitative estimate of drug-likeness (QED) is 0.448. The largest absolute Gasteiger partial charge is 0.480 e. The van der Waals surface area contributed by atoms with Gasteiger partial charge in [0.1, 0.15) is 0 Å². The van der Waals surface area contributed by atoms with E-state index in [0.717, 1.165) is 4.88 Å². The van der Waals surface area contributed by atoms with Gasteiger partial charge in [0.2, 0.25) is 11.7 Å². The van der Waals surface area contributed by atoms with Crippen LogP contribution in [0.4, 0.5) is 24.8 Å². The molecule has 4 rings (SSSR count). The Balaban J connectivity index is 1.61. The van der Waals surface area contributed by atoms with Gasteiger partial charge in [-0.15, -0.1) is 11.3 Å². The minimum Gasteiger partial charge on any atom is -0.480 e. The zero-order chi connectivity index (χ0) is 21.1. The Hall–Kier alpha value is -3.61. The van der Waals surface area contributed by atoms with Gasteiger partial charge in [-0.05, 0) is 12.1 Å². The number of halogens is 3. The van der Waals surface area contributed by atoms with E-state index >= 15 is 0 Å². The molecule has 154 valence electrons. The van der Waals surface area contributed by atoms with E-state index in [-0.39, 0.29) is 5.82 Å². The van der Waals surface area contributed by atoms with Crippen molar-refractivity contribution in [2.75, 3.05) is 12.0 Å². The van der Waals surface area contributed by atoms with Crippen molar-refractivity contribution in [2.45, 2.75) is 12.7 Å². The Bertz CT molecular complexity index is 1120. The number of thiophene rings is 1. The molecular weight excluding hydrogens is 423 g/mol. The summed E-state index contributed by atoms with van der Waals surface area (Å²) in [7, 11) is 1.49. The van der Waals surface area contributed by atoms with Crippen LogP contribution in [0.1, 0.15) is 10.8 Å². The van der Waals surface area contributed by atoms with Crippen molar-refractivity contribution in [3.8, 4) is 16.6 Å². The third kappa shape index (κ3) is 4.20. The highest BCUT2D eigenvalue weighted by Gasteiger charge is 2.38. The SMILES string of the molecule is COc1cnc(N(Cc2ccc(-c3noc(C(F)(F)F)n3)s2)c2cnccn2)cn1. The molecular formula is C17H12F3N7O2S. The van der Waals surface area contributed by atoms with Gasteiger partial charge in [-0.3, -0.25) is 4.98 Å². The average molecular weight is 435 g/mol. The molecule has 0 saturated carbocycles. The number of ether oxygens (including phenoxy) is 1. The van der Waals surface area contributed by atoms with Crippen LogP contribution in [0.2, 0.25) is 0 Å². The summed E-state index contributed by atoms with van der Waals surface area (Å²) in [5.74, 6) is -0.152. The number of methoxy groups -OCH3 is 1. The van der Waals surface area contributed by atoms with Crippen molar-refractivity contribution in [3.63, 3.8) is 0 Å². The van der Waals surface area contributed by atoms with Crippen LogP contribution >= 0.6 is 11.3 Å². The van der Waals surface area contributed by atoms with Crippen molar-refractivity contribution in [1.82, 2.24) is 30.1 Å². The number of rotatable bonds is 6. The van der Waals surface area contributed by atoms with Gasteiger partial charge in [-0.25, -0.2) is 15.0 Å². The first-order valence-corrected chi connectivity index (χ1v) is 9.15. The van der Waals surface area contributed by atoms with Gasteiger partial charge in [0.15, 0.2) is 11.6 Å². The molecule has 13 heteroatoms. The highest BCUT2D eigenvalue weighted by Crippen LogP contribution is 2.33. The molecule has 0 bridgehead atoms. The summed E-state index contributed by atoms with van der Waals surface area (Å²) in [4.78, 5) is 23.3. The fraction of sp³-hybridized carbons (Fsp3) is 0.176. The highest BCUT2D eigenvalue weighted by molar-refractivity contribution is 7.15. The third-order valence-electron chi connectivity index (χ3n) is 3.79. The molecule has 0 aliphatic rings. The summed E-state index contributed by atoms with van der Waals surface area (Å²) in [6.07, 6.45) is 2.94. The van der Waals surface area contributed by atoms with Gasteiger partial charge < -0.3 is 14.2 Å². The van der Waals surface area contributed by atoms with Crippen LogP contribution in [0.25, 0.3) is 10.7 Å². The second kappa shape index (κ2) is 8.02. The van der Waals surface area contributed by atoms with Crippen molar-refractivity contribution in [1.29, 1.82) is 0 Å². The van der Waals surface area contributed by atoms with Crippen molar-refractivity contribution < 1.29 is 22.4 Å². The summed E-state index contributed by atoms with van der Waals surface area (Å²) in [6.45, 7) is 0.314. The topological polar surface area (TPSA) is 103 Å². The van der Waals surface area contributed by atoms with Crippen LogP contribution in [0.3, 0.4) is 0 Å². The number of alkyl halides is 3. The molecule has 4 aromatic rings. The second-order valence-corrected chi connectivity index (χ2v) is 6.92. The number of aromatic nitrogens is 6. The predicted molar refractivity (Wildman–Crippen MR) is 99.1 cm³/mol. The normalized spacial score (nSPS) is 11.5. The number of hydrogen-bond donors (Lipinski definition) is 0. The maximum Gasteiger partial charge on any atom is 0.471 e. The summed E-state index contributed by atoms with van der Waals surface area (Å²) >= 11 is 1.22. The third-order valence-corrected chi connectivity index (χ3v) is 4.86. The smallest absolute Gasteiger partial charge is 0.471 e. The first-order valence-electron chi connectivity index (χ1n) is 8.33. The van der Waals surface area contributed by atoms with E-state index in [1.807, 2.05) is 0 Å². The molecule has 0 radical (unpaired) electrons. The molecule has 0 spiro atoms. The number of anilines is 2. The summed E-state index contributed by atoms with van der Waals surface area (Å²) in [6, 6.07) is 3.38. The lowest BCUT2D eigenvalue weighted by molar-refractivity contribution is -0.159. The van der Waals surface area contributed by atoms with Crippen molar-refractivity contribution in [2.24, 2.45) is 0 Å². The second-order valence-electron chi connectivity index (χ2n) is 5.75. The lowest BCUT2D eigenvalue weighted by Gasteiger charge is -2.21. The highest BCUT2D eigenvalue weighted by atomic mass is 32.1. The molecule has 9 nitrogen and oxygen atoms in total. The standard InChI is InChI=1S/C17H12F3N7O2S/c1-28-14-8-23-13(7-24-14)27(12-6-21-4-5-22-12)9-10-2-3-11(30-10)15-25-16(29-26-15)17(18,19)20/h2-8H,9H2,1H3. The van der Waals surface area contributed by atoms with Crippen LogP contribution in [0.5, 0.6) is 5.88 Å². The summed E-state index contributed by atoms with van der Waals surface area (Å²) in [5, 5.41) is 3.41.